The smallest absolute Gasteiger partial charge is 0.340 e. The Hall–Kier alpha value is -1.94. The van der Waals surface area contributed by atoms with E-state index in [2.05, 4.69) is 15.5 Å². The minimum absolute atomic E-state index is 0.130. The van der Waals surface area contributed by atoms with Gasteiger partial charge in [-0.2, -0.15) is 9.40 Å². The van der Waals surface area contributed by atoms with E-state index in [4.69, 9.17) is 5.11 Å². The summed E-state index contributed by atoms with van der Waals surface area (Å²) in [5.41, 5.74) is -0.291. The Labute approximate surface area is 122 Å². The number of nitrogens with zero attached hydrogens (tertiary/aromatic N) is 2. The molecule has 0 saturated carbocycles. The molecule has 0 bridgehead atoms. The molecular formula is C11H18N4O5S. The molecule has 1 amide bonds. The molecule has 0 atom stereocenters. The van der Waals surface area contributed by atoms with Crippen LogP contribution in [0.15, 0.2) is 5.03 Å². The number of rotatable bonds is 7. The van der Waals surface area contributed by atoms with E-state index in [-0.39, 0.29) is 5.69 Å². The van der Waals surface area contributed by atoms with Crippen molar-refractivity contribution < 1.29 is 23.1 Å². The van der Waals surface area contributed by atoms with Crippen LogP contribution in [0.1, 0.15) is 29.4 Å². The molecule has 0 spiro atoms. The zero-order valence-corrected chi connectivity index (χ0v) is 12.8. The lowest BCUT2D eigenvalue weighted by Crippen LogP contribution is -2.39. The Morgan fingerprint density at radius 2 is 2.05 bits per heavy atom. The second kappa shape index (κ2) is 6.68. The molecule has 21 heavy (non-hydrogen) atoms. The lowest BCUT2D eigenvalue weighted by atomic mass is 10.3. The molecule has 0 aliphatic heterocycles. The van der Waals surface area contributed by atoms with Gasteiger partial charge in [-0.1, -0.05) is 6.92 Å². The highest BCUT2D eigenvalue weighted by Crippen LogP contribution is 2.19. The van der Waals surface area contributed by atoms with Crippen molar-refractivity contribution in [2.45, 2.75) is 25.3 Å². The maximum Gasteiger partial charge on any atom is 0.340 e. The fourth-order valence-corrected chi connectivity index (χ4v) is 2.84. The topological polar surface area (TPSA) is 132 Å². The maximum atomic E-state index is 12.3. The third-order valence-electron chi connectivity index (χ3n) is 2.72. The Bertz CT molecular complexity index is 637. The molecule has 1 heterocycles. The molecule has 0 fully saturated rings. The molecule has 1 rings (SSSR count). The van der Waals surface area contributed by atoms with Gasteiger partial charge in [0.25, 0.3) is 10.0 Å². The molecule has 0 aliphatic rings. The second-order valence-corrected chi connectivity index (χ2v) is 6.41. The van der Waals surface area contributed by atoms with E-state index in [1.807, 2.05) is 6.92 Å². The summed E-state index contributed by atoms with van der Waals surface area (Å²) in [5, 5.41) is 16.9. The predicted octanol–water partition coefficient (Wildman–Crippen LogP) is -0.437. The Balaban J connectivity index is 3.01. The molecular weight excluding hydrogens is 300 g/mol. The fourth-order valence-electron chi connectivity index (χ4n) is 1.60. The molecule has 3 N–H and O–H groups in total. The van der Waals surface area contributed by atoms with Crippen LogP contribution in [-0.2, 0) is 14.8 Å². The van der Waals surface area contributed by atoms with Crippen LogP contribution in [-0.4, -0.2) is 60.0 Å². The molecule has 0 aliphatic carbocycles. The highest BCUT2D eigenvalue weighted by Gasteiger charge is 2.32. The number of carboxylic acid groups (broad SMARTS) is 1. The first-order valence-corrected chi connectivity index (χ1v) is 7.67. The number of carbonyl (C=O) groups is 2. The minimum Gasteiger partial charge on any atom is -0.478 e. The standard InChI is InChI=1S/C11H18N4O5S/c1-4-5-12-8(16)6-15(3)21(19,20)10-9(11(17)18)7(2)13-14-10/h4-6H2,1-3H3,(H,12,16)(H,13,14)(H,17,18). The average Bonchev–Trinajstić information content (AvgIpc) is 2.78. The van der Waals surface area contributed by atoms with Crippen LogP contribution in [0, 0.1) is 6.92 Å². The predicted molar refractivity (Wildman–Crippen MR) is 73.4 cm³/mol. The van der Waals surface area contributed by atoms with Crippen molar-refractivity contribution in [2.24, 2.45) is 0 Å². The number of H-pyrrole nitrogens is 1. The van der Waals surface area contributed by atoms with Gasteiger partial charge in [0.2, 0.25) is 10.9 Å². The summed E-state index contributed by atoms with van der Waals surface area (Å²) >= 11 is 0. The van der Waals surface area contributed by atoms with Crippen molar-refractivity contribution in [1.82, 2.24) is 19.8 Å². The summed E-state index contributed by atoms with van der Waals surface area (Å²) in [6.45, 7) is 3.30. The molecule has 1 aromatic heterocycles. The van der Waals surface area contributed by atoms with E-state index in [9.17, 15) is 18.0 Å². The van der Waals surface area contributed by atoms with Crippen LogP contribution in [0.2, 0.25) is 0 Å². The number of aromatic carboxylic acids is 1. The van der Waals surface area contributed by atoms with Crippen LogP contribution in [0.5, 0.6) is 0 Å². The van der Waals surface area contributed by atoms with Crippen molar-refractivity contribution in [1.29, 1.82) is 0 Å². The summed E-state index contributed by atoms with van der Waals surface area (Å²) in [7, 11) is -2.97. The molecule has 118 valence electrons. The number of aromatic amines is 1. The molecule has 0 saturated heterocycles. The van der Waals surface area contributed by atoms with E-state index in [1.165, 1.54) is 14.0 Å². The summed E-state index contributed by atoms with van der Waals surface area (Å²) < 4.78 is 25.3. The normalized spacial score (nSPS) is 11.6. The third-order valence-corrected chi connectivity index (χ3v) is 4.45. The maximum absolute atomic E-state index is 12.3. The van der Waals surface area contributed by atoms with Crippen LogP contribution in [0.3, 0.4) is 0 Å². The largest absolute Gasteiger partial charge is 0.478 e. The summed E-state index contributed by atoms with van der Waals surface area (Å²) in [6, 6.07) is 0. The Morgan fingerprint density at radius 3 is 2.57 bits per heavy atom. The van der Waals surface area contributed by atoms with Crippen molar-refractivity contribution in [2.75, 3.05) is 20.1 Å². The highest BCUT2D eigenvalue weighted by atomic mass is 32.2. The van der Waals surface area contributed by atoms with E-state index in [1.54, 1.807) is 0 Å². The van der Waals surface area contributed by atoms with Crippen LogP contribution in [0.25, 0.3) is 0 Å². The number of amides is 1. The van der Waals surface area contributed by atoms with Crippen LogP contribution >= 0.6 is 0 Å². The molecule has 10 heteroatoms. The first-order chi connectivity index (χ1) is 9.71. The monoisotopic (exact) mass is 318 g/mol. The number of aryl methyl sites for hydroxylation is 1. The SMILES string of the molecule is CCCNC(=O)CN(C)S(=O)(=O)c1n[nH]c(C)c1C(=O)O. The van der Waals surface area contributed by atoms with Gasteiger partial charge in [-0.05, 0) is 13.3 Å². The number of carbonyl (C=O) groups excluding carboxylic acids is 1. The number of likely N-dealkylation sites (N-methyl/N-ethyl adjacent to an activating group) is 1. The van der Waals surface area contributed by atoms with Crippen molar-refractivity contribution >= 4 is 21.9 Å². The number of sulfonamides is 1. The highest BCUT2D eigenvalue weighted by molar-refractivity contribution is 7.89. The number of carboxylic acids is 1. The van der Waals surface area contributed by atoms with Gasteiger partial charge in [0, 0.05) is 19.3 Å². The lowest BCUT2D eigenvalue weighted by molar-refractivity contribution is -0.121. The van der Waals surface area contributed by atoms with Gasteiger partial charge in [-0.15, -0.1) is 0 Å². The number of hydrogen-bond acceptors (Lipinski definition) is 5. The summed E-state index contributed by atoms with van der Waals surface area (Å²) in [6.07, 6.45) is 0.726. The first-order valence-electron chi connectivity index (χ1n) is 6.23. The first kappa shape index (κ1) is 17.1. The van der Waals surface area contributed by atoms with Gasteiger partial charge in [0.05, 0.1) is 6.54 Å². The number of aromatic nitrogens is 2. The van der Waals surface area contributed by atoms with Crippen molar-refractivity contribution in [3.63, 3.8) is 0 Å². The molecule has 0 radical (unpaired) electrons. The van der Waals surface area contributed by atoms with E-state index < -0.39 is 39.0 Å². The molecule has 1 aromatic rings. The number of nitrogens with one attached hydrogen (secondary N) is 2. The van der Waals surface area contributed by atoms with Crippen molar-refractivity contribution in [3.05, 3.63) is 11.3 Å². The summed E-state index contributed by atoms with van der Waals surface area (Å²) in [4.78, 5) is 22.7. The van der Waals surface area contributed by atoms with Gasteiger partial charge in [-0.3, -0.25) is 9.89 Å². The quantitative estimate of drug-likeness (QED) is 0.624. The zero-order chi connectivity index (χ0) is 16.2. The third kappa shape index (κ3) is 3.79. The van der Waals surface area contributed by atoms with E-state index in [0.717, 1.165) is 10.7 Å². The van der Waals surface area contributed by atoms with Gasteiger partial charge >= 0.3 is 5.97 Å². The molecule has 9 nitrogen and oxygen atoms in total. The Morgan fingerprint density at radius 1 is 1.43 bits per heavy atom. The molecule has 0 unspecified atom stereocenters. The van der Waals surface area contributed by atoms with Gasteiger partial charge in [-0.25, -0.2) is 13.2 Å². The number of hydrogen-bond donors (Lipinski definition) is 3. The zero-order valence-electron chi connectivity index (χ0n) is 12.0. The molecule has 0 aromatic carbocycles. The Kier molecular flexibility index (Phi) is 5.44. The fraction of sp³-hybridized carbons (Fsp3) is 0.545. The average molecular weight is 318 g/mol. The van der Waals surface area contributed by atoms with E-state index >= 15 is 0 Å². The minimum atomic E-state index is -4.16. The van der Waals surface area contributed by atoms with Crippen LogP contribution < -0.4 is 5.32 Å². The van der Waals surface area contributed by atoms with Crippen LogP contribution in [0.4, 0.5) is 0 Å². The van der Waals surface area contributed by atoms with Gasteiger partial charge in [0.1, 0.15) is 5.56 Å². The lowest BCUT2D eigenvalue weighted by Gasteiger charge is -2.15. The second-order valence-electron chi connectivity index (χ2n) is 4.44. The van der Waals surface area contributed by atoms with E-state index in [0.29, 0.717) is 6.54 Å². The van der Waals surface area contributed by atoms with Gasteiger partial charge in [0.15, 0.2) is 0 Å². The summed E-state index contributed by atoms with van der Waals surface area (Å²) in [5.74, 6) is -1.87. The van der Waals surface area contributed by atoms with Crippen molar-refractivity contribution in [3.8, 4) is 0 Å². The van der Waals surface area contributed by atoms with Gasteiger partial charge < -0.3 is 10.4 Å².